The molecule has 47 heavy (non-hydrogen) atoms. The highest BCUT2D eigenvalue weighted by Crippen LogP contribution is 2.39. The molecule has 0 aliphatic heterocycles. The van der Waals surface area contributed by atoms with Gasteiger partial charge in [0.15, 0.2) is 5.82 Å². The Morgan fingerprint density at radius 3 is 2.55 bits per heavy atom. The minimum atomic E-state index is -1.12. The highest BCUT2D eigenvalue weighted by atomic mass is 19.1. The molecule has 244 valence electrons. The van der Waals surface area contributed by atoms with Crippen LogP contribution in [0.2, 0.25) is 0 Å². The van der Waals surface area contributed by atoms with Gasteiger partial charge in [0, 0.05) is 55.2 Å². The van der Waals surface area contributed by atoms with Crippen molar-refractivity contribution in [2.24, 2.45) is 0 Å². The number of nitrogens with zero attached hydrogens (tertiary/aromatic N) is 4. The molecule has 6 rings (SSSR count). The van der Waals surface area contributed by atoms with E-state index < -0.39 is 34.8 Å². The van der Waals surface area contributed by atoms with E-state index in [1.807, 2.05) is 4.57 Å². The number of pyridine rings is 1. The molecule has 3 aromatic heterocycles. The number of amides is 1. The second-order valence-electron chi connectivity index (χ2n) is 11.7. The van der Waals surface area contributed by atoms with E-state index in [2.05, 4.69) is 27.5 Å². The lowest BCUT2D eigenvalue weighted by Gasteiger charge is -2.13. The van der Waals surface area contributed by atoms with Crippen LogP contribution >= 0.6 is 0 Å². The van der Waals surface area contributed by atoms with E-state index in [4.69, 9.17) is 9.47 Å². The first-order chi connectivity index (χ1) is 22.5. The van der Waals surface area contributed by atoms with Crippen LogP contribution in [0.3, 0.4) is 0 Å². The van der Waals surface area contributed by atoms with Gasteiger partial charge >= 0.3 is 0 Å². The van der Waals surface area contributed by atoms with Crippen molar-refractivity contribution in [3.8, 4) is 16.9 Å². The lowest BCUT2D eigenvalue weighted by molar-refractivity contribution is -0.112. The Bertz CT molecular complexity index is 2040. The Balaban J connectivity index is 1.30. The number of fused-ring (bicyclic) bond motifs is 2. The number of carbonyl (C=O) groups excluding carboxylic acids is 2. The summed E-state index contributed by atoms with van der Waals surface area (Å²) in [5.41, 5.74) is 0.381. The van der Waals surface area contributed by atoms with E-state index in [-0.39, 0.29) is 39.3 Å². The normalized spacial score (nSPS) is 13.9. The molecule has 1 saturated carbocycles. The van der Waals surface area contributed by atoms with Crippen LogP contribution in [0.5, 0.6) is 5.75 Å². The van der Waals surface area contributed by atoms with Gasteiger partial charge in [0.2, 0.25) is 11.7 Å². The van der Waals surface area contributed by atoms with E-state index >= 15 is 13.2 Å². The van der Waals surface area contributed by atoms with Crippen molar-refractivity contribution < 1.29 is 32.2 Å². The van der Waals surface area contributed by atoms with E-state index in [0.29, 0.717) is 36.6 Å². The number of aromatic nitrogens is 4. The number of hydrogen-bond acceptors (Lipinski definition) is 7. The summed E-state index contributed by atoms with van der Waals surface area (Å²) in [6.45, 7) is 5.15. The molecule has 2 N–H and O–H groups in total. The maximum absolute atomic E-state index is 16.2. The standard InChI is InChI=1S/C34H33F3N6O4/c1-19-40-31-24(42(19)13-14-46-3)17-26(47-4)28(29(31)37)21-7-6-12-43-25(18-38-33(21)43)32(45)20-15-22(35)30(23(36)16-20)41-27(44)8-5-11-39-34(2)9-10-34/h5-8,12,15-18,39H,9-11,13-14H2,1-4H3,(H,41,44)/b8-5+. The van der Waals surface area contributed by atoms with Crippen molar-refractivity contribution >= 4 is 34.1 Å². The van der Waals surface area contributed by atoms with Gasteiger partial charge in [0.05, 0.1) is 31.0 Å². The minimum absolute atomic E-state index is 0.0163. The molecule has 0 saturated heterocycles. The van der Waals surface area contributed by atoms with Crippen molar-refractivity contribution in [3.63, 3.8) is 0 Å². The number of anilines is 1. The number of ether oxygens (including phenoxy) is 2. The predicted molar refractivity (Wildman–Crippen MR) is 170 cm³/mol. The zero-order valence-electron chi connectivity index (χ0n) is 26.3. The number of halogens is 3. The third-order valence-corrected chi connectivity index (χ3v) is 8.38. The van der Waals surface area contributed by atoms with Gasteiger partial charge in [-0.3, -0.25) is 14.0 Å². The Kier molecular flexibility index (Phi) is 8.60. The zero-order chi connectivity index (χ0) is 33.5. The summed E-state index contributed by atoms with van der Waals surface area (Å²) in [5.74, 6) is -3.49. The number of benzene rings is 2. The number of rotatable bonds is 12. The van der Waals surface area contributed by atoms with Crippen LogP contribution in [-0.4, -0.2) is 63.5 Å². The molecular weight excluding hydrogens is 613 g/mol. The van der Waals surface area contributed by atoms with Crippen molar-refractivity contribution in [1.82, 2.24) is 24.3 Å². The molecule has 3 heterocycles. The van der Waals surface area contributed by atoms with Gasteiger partial charge in [-0.2, -0.15) is 0 Å². The van der Waals surface area contributed by atoms with Gasteiger partial charge in [0.25, 0.3) is 0 Å². The van der Waals surface area contributed by atoms with Gasteiger partial charge in [-0.15, -0.1) is 0 Å². The topological polar surface area (TPSA) is 112 Å². The number of nitrogens with one attached hydrogen (secondary N) is 2. The quantitative estimate of drug-likeness (QED) is 0.134. The van der Waals surface area contributed by atoms with Crippen LogP contribution in [0.1, 0.15) is 41.6 Å². The van der Waals surface area contributed by atoms with Gasteiger partial charge in [-0.25, -0.2) is 23.1 Å². The SMILES string of the molecule is COCCn1c(C)nc2c(F)c(-c3cccn4c(C(=O)c5cc(F)c(NC(=O)/C=C/CNC6(C)CC6)c(F)c5)cnc34)c(OC)cc21. The molecule has 0 spiro atoms. The maximum Gasteiger partial charge on any atom is 0.248 e. The van der Waals surface area contributed by atoms with E-state index in [1.165, 1.54) is 30.0 Å². The smallest absolute Gasteiger partial charge is 0.248 e. The summed E-state index contributed by atoms with van der Waals surface area (Å²) in [4.78, 5) is 34.6. The first-order valence-electron chi connectivity index (χ1n) is 15.0. The Labute approximate surface area is 268 Å². The number of imidazole rings is 2. The fourth-order valence-electron chi connectivity index (χ4n) is 5.54. The van der Waals surface area contributed by atoms with Crippen LogP contribution < -0.4 is 15.4 Å². The molecule has 0 atom stereocenters. The molecule has 1 amide bonds. The Hall–Kier alpha value is -5.01. The average Bonchev–Trinajstić information content (AvgIpc) is 3.48. The molecule has 10 nitrogen and oxygen atoms in total. The molecule has 5 aromatic rings. The molecule has 0 unspecified atom stereocenters. The third-order valence-electron chi connectivity index (χ3n) is 8.38. The van der Waals surface area contributed by atoms with Crippen molar-refractivity contribution in [1.29, 1.82) is 0 Å². The Morgan fingerprint density at radius 2 is 1.87 bits per heavy atom. The first-order valence-corrected chi connectivity index (χ1v) is 15.0. The number of methoxy groups -OCH3 is 2. The molecule has 13 heteroatoms. The largest absolute Gasteiger partial charge is 0.496 e. The van der Waals surface area contributed by atoms with Gasteiger partial charge in [0.1, 0.15) is 45.8 Å². The van der Waals surface area contributed by atoms with Crippen LogP contribution in [0.25, 0.3) is 27.8 Å². The lowest BCUT2D eigenvalue weighted by Crippen LogP contribution is -2.27. The van der Waals surface area contributed by atoms with Crippen LogP contribution in [-0.2, 0) is 16.1 Å². The number of aryl methyl sites for hydroxylation is 1. The van der Waals surface area contributed by atoms with Crippen molar-refractivity contribution in [2.45, 2.75) is 38.8 Å². The molecule has 0 bridgehead atoms. The highest BCUT2D eigenvalue weighted by molar-refractivity contribution is 6.09. The van der Waals surface area contributed by atoms with Crippen LogP contribution in [0, 0.1) is 24.4 Å². The second kappa shape index (κ2) is 12.6. The van der Waals surface area contributed by atoms with E-state index in [0.717, 1.165) is 25.0 Å². The monoisotopic (exact) mass is 646 g/mol. The number of ketones is 1. The van der Waals surface area contributed by atoms with Gasteiger partial charge in [-0.1, -0.05) is 6.08 Å². The highest BCUT2D eigenvalue weighted by Gasteiger charge is 2.35. The second-order valence-corrected chi connectivity index (χ2v) is 11.7. The fraction of sp³-hybridized carbons (Fsp3) is 0.294. The lowest BCUT2D eigenvalue weighted by atomic mass is 10.0. The molecular formula is C34H33F3N6O4. The summed E-state index contributed by atoms with van der Waals surface area (Å²) >= 11 is 0. The maximum atomic E-state index is 16.2. The predicted octanol–water partition coefficient (Wildman–Crippen LogP) is 5.60. The zero-order valence-corrected chi connectivity index (χ0v) is 26.3. The summed E-state index contributed by atoms with van der Waals surface area (Å²) in [7, 11) is 3.00. The molecule has 2 aromatic carbocycles. The Morgan fingerprint density at radius 1 is 1.13 bits per heavy atom. The van der Waals surface area contributed by atoms with Crippen molar-refractivity contribution in [3.05, 3.63) is 89.4 Å². The third kappa shape index (κ3) is 6.11. The molecule has 1 aliphatic rings. The summed E-state index contributed by atoms with van der Waals surface area (Å²) in [6, 6.07) is 6.62. The minimum Gasteiger partial charge on any atom is -0.496 e. The summed E-state index contributed by atoms with van der Waals surface area (Å²) in [6.07, 6.45) is 7.66. The summed E-state index contributed by atoms with van der Waals surface area (Å²) < 4.78 is 60.3. The number of hydrogen-bond donors (Lipinski definition) is 2. The fourth-order valence-corrected chi connectivity index (χ4v) is 5.54. The number of carbonyl (C=O) groups is 2. The van der Waals surface area contributed by atoms with E-state index in [9.17, 15) is 9.59 Å². The van der Waals surface area contributed by atoms with Gasteiger partial charge < -0.3 is 24.7 Å². The van der Waals surface area contributed by atoms with Crippen molar-refractivity contribution in [2.75, 3.05) is 32.7 Å². The average molecular weight is 647 g/mol. The first kappa shape index (κ1) is 32.0. The van der Waals surface area contributed by atoms with Gasteiger partial charge in [-0.05, 0) is 51.0 Å². The van der Waals surface area contributed by atoms with Crippen LogP contribution in [0.4, 0.5) is 18.9 Å². The summed E-state index contributed by atoms with van der Waals surface area (Å²) in [5, 5.41) is 5.46. The van der Waals surface area contributed by atoms with E-state index in [1.54, 1.807) is 38.3 Å². The molecule has 1 aliphatic carbocycles. The molecule has 1 fully saturated rings. The van der Waals surface area contributed by atoms with Crippen LogP contribution in [0.15, 0.2) is 54.9 Å². The molecule has 0 radical (unpaired) electrons.